The predicted molar refractivity (Wildman–Crippen MR) is 103 cm³/mol. The Balaban J connectivity index is 1.88. The van der Waals surface area contributed by atoms with Crippen LogP contribution in [0.5, 0.6) is 11.5 Å². The molecule has 0 spiro atoms. The van der Waals surface area contributed by atoms with Gasteiger partial charge < -0.3 is 14.8 Å². The van der Waals surface area contributed by atoms with Crippen molar-refractivity contribution in [3.63, 3.8) is 0 Å². The van der Waals surface area contributed by atoms with Gasteiger partial charge in [-0.2, -0.15) is 8.78 Å². The van der Waals surface area contributed by atoms with Crippen molar-refractivity contribution in [1.82, 2.24) is 0 Å². The van der Waals surface area contributed by atoms with E-state index in [1.165, 1.54) is 19.2 Å². The number of alkyl halides is 2. The van der Waals surface area contributed by atoms with Crippen LogP contribution in [0.2, 0.25) is 0 Å². The van der Waals surface area contributed by atoms with Crippen molar-refractivity contribution < 1.29 is 23.0 Å². The lowest BCUT2D eigenvalue weighted by molar-refractivity contribution is -0.0515. The normalized spacial score (nSPS) is 10.6. The van der Waals surface area contributed by atoms with Gasteiger partial charge in [0, 0.05) is 5.69 Å². The van der Waals surface area contributed by atoms with Crippen LogP contribution in [0.1, 0.15) is 21.5 Å². The Morgan fingerprint density at radius 2 is 1.68 bits per heavy atom. The highest BCUT2D eigenvalue weighted by molar-refractivity contribution is 6.07. The first-order valence-corrected chi connectivity index (χ1v) is 8.63. The van der Waals surface area contributed by atoms with E-state index >= 15 is 0 Å². The first-order valence-electron chi connectivity index (χ1n) is 8.63. The summed E-state index contributed by atoms with van der Waals surface area (Å²) in [6.45, 7) is -3.08. The summed E-state index contributed by atoms with van der Waals surface area (Å²) in [5.74, 6) is -0.793. The molecule has 0 aromatic heterocycles. The average Bonchev–Trinajstić information content (AvgIpc) is 2.70. The van der Waals surface area contributed by atoms with Crippen molar-refractivity contribution in [3.8, 4) is 11.5 Å². The standard InChI is InChI=1S/C22H19F2NO3/c1-27-19-13-7-11-17(20(19)28-22(23)24)21(26)25-18-12-6-5-10-16(18)14-15-8-3-2-4-9-15/h2-13,22H,14H2,1H3,(H,25,26). The number of anilines is 1. The largest absolute Gasteiger partial charge is 0.493 e. The van der Waals surface area contributed by atoms with Gasteiger partial charge in [0.2, 0.25) is 0 Å². The predicted octanol–water partition coefficient (Wildman–Crippen LogP) is 5.14. The van der Waals surface area contributed by atoms with Crippen LogP contribution in [-0.2, 0) is 6.42 Å². The Bertz CT molecular complexity index is 946. The molecular weight excluding hydrogens is 364 g/mol. The summed E-state index contributed by atoms with van der Waals surface area (Å²) in [5.41, 5.74) is 2.56. The maximum absolute atomic E-state index is 12.8. The van der Waals surface area contributed by atoms with E-state index in [1.54, 1.807) is 18.2 Å². The molecule has 0 fully saturated rings. The smallest absolute Gasteiger partial charge is 0.387 e. The van der Waals surface area contributed by atoms with Crippen LogP contribution in [-0.4, -0.2) is 19.6 Å². The van der Waals surface area contributed by atoms with Gasteiger partial charge in [-0.1, -0.05) is 54.6 Å². The van der Waals surface area contributed by atoms with Gasteiger partial charge in [-0.25, -0.2) is 0 Å². The number of nitrogens with one attached hydrogen (secondary N) is 1. The number of benzene rings is 3. The molecule has 0 atom stereocenters. The molecule has 0 saturated heterocycles. The number of carbonyl (C=O) groups excluding carboxylic acids is 1. The van der Waals surface area contributed by atoms with Crippen LogP contribution in [0.25, 0.3) is 0 Å². The summed E-state index contributed by atoms with van der Waals surface area (Å²) in [7, 11) is 1.32. The molecule has 0 unspecified atom stereocenters. The molecule has 3 aromatic rings. The summed E-state index contributed by atoms with van der Waals surface area (Å²) in [6, 6.07) is 21.6. The van der Waals surface area contributed by atoms with Crippen molar-refractivity contribution >= 4 is 11.6 Å². The summed E-state index contributed by atoms with van der Waals surface area (Å²) in [6.07, 6.45) is 0.621. The third-order valence-corrected chi connectivity index (χ3v) is 4.15. The summed E-state index contributed by atoms with van der Waals surface area (Å²) in [4.78, 5) is 12.8. The first-order chi connectivity index (χ1) is 13.6. The monoisotopic (exact) mass is 383 g/mol. The topological polar surface area (TPSA) is 47.6 Å². The Labute approximate surface area is 161 Å². The highest BCUT2D eigenvalue weighted by Gasteiger charge is 2.21. The summed E-state index contributed by atoms with van der Waals surface area (Å²) >= 11 is 0. The van der Waals surface area contributed by atoms with Gasteiger partial charge in [0.15, 0.2) is 11.5 Å². The third-order valence-electron chi connectivity index (χ3n) is 4.15. The molecule has 0 radical (unpaired) electrons. The number of amides is 1. The second-order valence-corrected chi connectivity index (χ2v) is 5.99. The van der Waals surface area contributed by atoms with E-state index in [0.29, 0.717) is 12.1 Å². The van der Waals surface area contributed by atoms with Crippen LogP contribution in [0.4, 0.5) is 14.5 Å². The summed E-state index contributed by atoms with van der Waals surface area (Å²) in [5, 5.41) is 2.79. The number of hydrogen-bond acceptors (Lipinski definition) is 3. The number of rotatable bonds is 7. The number of carbonyl (C=O) groups is 1. The fourth-order valence-corrected chi connectivity index (χ4v) is 2.87. The Kier molecular flexibility index (Phi) is 6.22. The minimum Gasteiger partial charge on any atom is -0.493 e. The lowest BCUT2D eigenvalue weighted by atomic mass is 10.0. The fourth-order valence-electron chi connectivity index (χ4n) is 2.87. The molecule has 0 aliphatic heterocycles. The molecule has 6 heteroatoms. The van der Waals surface area contributed by atoms with Crippen molar-refractivity contribution in [1.29, 1.82) is 0 Å². The number of halogens is 2. The van der Waals surface area contributed by atoms with Gasteiger partial charge in [0.1, 0.15) is 0 Å². The number of methoxy groups -OCH3 is 1. The van der Waals surface area contributed by atoms with E-state index in [2.05, 4.69) is 10.1 Å². The molecule has 0 bridgehead atoms. The second kappa shape index (κ2) is 8.99. The van der Waals surface area contributed by atoms with E-state index in [-0.39, 0.29) is 17.1 Å². The third kappa shape index (κ3) is 4.65. The molecule has 0 heterocycles. The molecule has 3 rings (SSSR count). The fraction of sp³-hybridized carbons (Fsp3) is 0.136. The lowest BCUT2D eigenvalue weighted by Crippen LogP contribution is -2.16. The molecule has 4 nitrogen and oxygen atoms in total. The van der Waals surface area contributed by atoms with Gasteiger partial charge in [-0.15, -0.1) is 0 Å². The van der Waals surface area contributed by atoms with Gasteiger partial charge in [-0.05, 0) is 35.7 Å². The lowest BCUT2D eigenvalue weighted by Gasteiger charge is -2.15. The average molecular weight is 383 g/mol. The van der Waals surface area contributed by atoms with Crippen molar-refractivity contribution in [2.24, 2.45) is 0 Å². The first kappa shape index (κ1) is 19.4. The molecule has 144 valence electrons. The van der Waals surface area contributed by atoms with E-state index < -0.39 is 12.5 Å². The van der Waals surface area contributed by atoms with E-state index in [9.17, 15) is 13.6 Å². The molecule has 0 aliphatic carbocycles. The Hall–Kier alpha value is -3.41. The SMILES string of the molecule is COc1cccc(C(=O)Nc2ccccc2Cc2ccccc2)c1OC(F)F. The van der Waals surface area contributed by atoms with Crippen LogP contribution in [0.3, 0.4) is 0 Å². The Morgan fingerprint density at radius 3 is 2.39 bits per heavy atom. The zero-order chi connectivity index (χ0) is 19.9. The zero-order valence-electron chi connectivity index (χ0n) is 15.2. The van der Waals surface area contributed by atoms with Crippen LogP contribution in [0, 0.1) is 0 Å². The molecule has 1 N–H and O–H groups in total. The number of hydrogen-bond donors (Lipinski definition) is 1. The van der Waals surface area contributed by atoms with Crippen molar-refractivity contribution in [2.75, 3.05) is 12.4 Å². The molecule has 0 aliphatic rings. The zero-order valence-corrected chi connectivity index (χ0v) is 15.2. The van der Waals surface area contributed by atoms with Gasteiger partial charge in [-0.3, -0.25) is 4.79 Å². The maximum Gasteiger partial charge on any atom is 0.387 e. The molecular formula is C22H19F2NO3. The molecule has 1 amide bonds. The van der Waals surface area contributed by atoms with Crippen molar-refractivity contribution in [2.45, 2.75) is 13.0 Å². The number of ether oxygens (including phenoxy) is 2. The molecule has 3 aromatic carbocycles. The molecule has 28 heavy (non-hydrogen) atoms. The van der Waals surface area contributed by atoms with Gasteiger partial charge in [0.05, 0.1) is 12.7 Å². The minimum absolute atomic E-state index is 0.0332. The maximum atomic E-state index is 12.8. The van der Waals surface area contributed by atoms with E-state index in [1.807, 2.05) is 42.5 Å². The van der Waals surface area contributed by atoms with E-state index in [4.69, 9.17) is 4.74 Å². The van der Waals surface area contributed by atoms with Crippen LogP contribution in [0.15, 0.2) is 72.8 Å². The van der Waals surface area contributed by atoms with Crippen molar-refractivity contribution in [3.05, 3.63) is 89.5 Å². The highest BCUT2D eigenvalue weighted by Crippen LogP contribution is 2.33. The number of para-hydroxylation sites is 2. The Morgan fingerprint density at radius 1 is 0.964 bits per heavy atom. The van der Waals surface area contributed by atoms with Crippen LogP contribution >= 0.6 is 0 Å². The quantitative estimate of drug-likeness (QED) is 0.615. The van der Waals surface area contributed by atoms with E-state index in [0.717, 1.165) is 11.1 Å². The summed E-state index contributed by atoms with van der Waals surface area (Å²) < 4.78 is 35.2. The minimum atomic E-state index is -3.08. The van der Waals surface area contributed by atoms with Gasteiger partial charge in [0.25, 0.3) is 5.91 Å². The highest BCUT2D eigenvalue weighted by atomic mass is 19.3. The molecule has 0 saturated carbocycles. The second-order valence-electron chi connectivity index (χ2n) is 5.99. The van der Waals surface area contributed by atoms with Gasteiger partial charge >= 0.3 is 6.61 Å². The van der Waals surface area contributed by atoms with Crippen LogP contribution < -0.4 is 14.8 Å².